The highest BCUT2D eigenvalue weighted by Crippen LogP contribution is 2.36. The molecule has 1 unspecified atom stereocenters. The van der Waals surface area contributed by atoms with Crippen molar-refractivity contribution in [1.82, 2.24) is 19.6 Å². The smallest absolute Gasteiger partial charge is 0.283 e. The predicted octanol–water partition coefficient (Wildman–Crippen LogP) is 4.59. The molecule has 31 heavy (non-hydrogen) atoms. The number of thiophene rings is 1. The van der Waals surface area contributed by atoms with Crippen molar-refractivity contribution in [3.05, 3.63) is 75.1 Å². The fourth-order valence-corrected chi connectivity index (χ4v) is 5.87. The highest BCUT2D eigenvalue weighted by atomic mass is 32.1. The Balaban J connectivity index is 1.58. The third-order valence-corrected chi connectivity index (χ3v) is 7.24. The SMILES string of the molecule is CC1CCc2c(sc3nc4c5ccccc5c(NCc5ccccn5)nn4c(=O)c23)C1. The number of hydrogen-bond acceptors (Lipinski definition) is 6. The van der Waals surface area contributed by atoms with Crippen molar-refractivity contribution in [2.45, 2.75) is 32.7 Å². The van der Waals surface area contributed by atoms with E-state index in [0.717, 1.165) is 45.9 Å². The largest absolute Gasteiger partial charge is 0.362 e. The number of anilines is 1. The molecule has 6 rings (SSSR count). The lowest BCUT2D eigenvalue weighted by Gasteiger charge is -2.17. The lowest BCUT2D eigenvalue weighted by atomic mass is 9.89. The van der Waals surface area contributed by atoms with Gasteiger partial charge < -0.3 is 5.32 Å². The third kappa shape index (κ3) is 2.99. The zero-order valence-corrected chi connectivity index (χ0v) is 17.9. The molecule has 0 spiro atoms. The van der Waals surface area contributed by atoms with Gasteiger partial charge in [-0.25, -0.2) is 4.98 Å². The van der Waals surface area contributed by atoms with Gasteiger partial charge >= 0.3 is 0 Å². The van der Waals surface area contributed by atoms with Crippen LogP contribution in [0.4, 0.5) is 5.82 Å². The summed E-state index contributed by atoms with van der Waals surface area (Å²) < 4.78 is 1.48. The molecular formula is C24H21N5OS. The van der Waals surface area contributed by atoms with Crippen LogP contribution in [0.5, 0.6) is 0 Å². The van der Waals surface area contributed by atoms with E-state index in [4.69, 9.17) is 10.1 Å². The Labute approximate surface area is 182 Å². The average molecular weight is 428 g/mol. The van der Waals surface area contributed by atoms with Crippen LogP contribution in [-0.4, -0.2) is 19.6 Å². The predicted molar refractivity (Wildman–Crippen MR) is 125 cm³/mol. The van der Waals surface area contributed by atoms with Gasteiger partial charge in [0.1, 0.15) is 4.83 Å². The summed E-state index contributed by atoms with van der Waals surface area (Å²) in [6.45, 7) is 2.80. The number of aromatic nitrogens is 4. The highest BCUT2D eigenvalue weighted by Gasteiger charge is 2.24. The van der Waals surface area contributed by atoms with Crippen LogP contribution >= 0.6 is 11.3 Å². The topological polar surface area (TPSA) is 72.2 Å². The van der Waals surface area contributed by atoms with E-state index in [-0.39, 0.29) is 5.56 Å². The normalized spacial score (nSPS) is 16.1. The second-order valence-electron chi connectivity index (χ2n) is 8.25. The highest BCUT2D eigenvalue weighted by molar-refractivity contribution is 7.18. The number of pyridine rings is 1. The van der Waals surface area contributed by atoms with Crippen LogP contribution in [-0.2, 0) is 19.4 Å². The molecule has 5 aromatic rings. The molecule has 4 heterocycles. The van der Waals surface area contributed by atoms with Crippen molar-refractivity contribution >= 4 is 43.8 Å². The molecule has 1 atom stereocenters. The lowest BCUT2D eigenvalue weighted by molar-refractivity contribution is 0.509. The van der Waals surface area contributed by atoms with Crippen LogP contribution in [0.3, 0.4) is 0 Å². The average Bonchev–Trinajstić information content (AvgIpc) is 3.16. The van der Waals surface area contributed by atoms with Crippen molar-refractivity contribution < 1.29 is 0 Å². The zero-order valence-electron chi connectivity index (χ0n) is 17.1. The van der Waals surface area contributed by atoms with Gasteiger partial charge in [0.05, 0.1) is 17.6 Å². The molecule has 0 saturated carbocycles. The van der Waals surface area contributed by atoms with Crippen molar-refractivity contribution in [1.29, 1.82) is 0 Å². The third-order valence-electron chi connectivity index (χ3n) is 6.09. The van der Waals surface area contributed by atoms with E-state index >= 15 is 0 Å². The van der Waals surface area contributed by atoms with Gasteiger partial charge in [0.15, 0.2) is 11.5 Å². The fourth-order valence-electron chi connectivity index (χ4n) is 4.49. The number of benzene rings is 1. The number of nitrogens with zero attached hydrogens (tertiary/aromatic N) is 4. The van der Waals surface area contributed by atoms with Crippen molar-refractivity contribution in [2.24, 2.45) is 5.92 Å². The summed E-state index contributed by atoms with van der Waals surface area (Å²) >= 11 is 1.68. The quantitative estimate of drug-likeness (QED) is 0.427. The number of hydrogen-bond donors (Lipinski definition) is 1. The van der Waals surface area contributed by atoms with E-state index in [1.165, 1.54) is 15.0 Å². The molecule has 1 N–H and O–H groups in total. The van der Waals surface area contributed by atoms with Crippen LogP contribution in [0.2, 0.25) is 0 Å². The fraction of sp³-hybridized carbons (Fsp3) is 0.250. The molecule has 1 aromatic carbocycles. The second kappa shape index (κ2) is 7.13. The van der Waals surface area contributed by atoms with Gasteiger partial charge in [-0.05, 0) is 42.9 Å². The standard InChI is InChI=1S/C24H21N5OS/c1-14-9-10-18-19(12-14)31-23-20(18)24(30)29-22(27-23)17-8-3-2-7-16(17)21(28-29)26-13-15-6-4-5-11-25-15/h2-8,11,14H,9-10,12-13H2,1H3,(H,26,28). The summed E-state index contributed by atoms with van der Waals surface area (Å²) in [6, 6.07) is 13.8. The maximum Gasteiger partial charge on any atom is 0.283 e. The van der Waals surface area contributed by atoms with Crippen molar-refractivity contribution in [3.8, 4) is 0 Å². The first-order valence-electron chi connectivity index (χ1n) is 10.6. The Morgan fingerprint density at radius 3 is 2.84 bits per heavy atom. The van der Waals surface area contributed by atoms with Gasteiger partial charge in [-0.2, -0.15) is 4.52 Å². The molecule has 0 radical (unpaired) electrons. The second-order valence-corrected chi connectivity index (χ2v) is 9.34. The summed E-state index contributed by atoms with van der Waals surface area (Å²) in [5.74, 6) is 1.31. The molecule has 0 saturated heterocycles. The molecule has 6 nitrogen and oxygen atoms in total. The maximum atomic E-state index is 13.6. The van der Waals surface area contributed by atoms with Crippen molar-refractivity contribution in [3.63, 3.8) is 0 Å². The van der Waals surface area contributed by atoms with Crippen LogP contribution in [0, 0.1) is 5.92 Å². The minimum Gasteiger partial charge on any atom is -0.362 e. The minimum atomic E-state index is -0.0707. The summed E-state index contributed by atoms with van der Waals surface area (Å²) in [5, 5.41) is 10.7. The number of rotatable bonds is 3. The van der Waals surface area contributed by atoms with Gasteiger partial charge in [-0.1, -0.05) is 37.3 Å². The van der Waals surface area contributed by atoms with Crippen LogP contribution < -0.4 is 10.9 Å². The lowest BCUT2D eigenvalue weighted by Crippen LogP contribution is -2.21. The van der Waals surface area contributed by atoms with Gasteiger partial charge in [0.2, 0.25) is 0 Å². The maximum absolute atomic E-state index is 13.6. The van der Waals surface area contributed by atoms with Gasteiger partial charge in [-0.3, -0.25) is 9.78 Å². The molecule has 1 aliphatic carbocycles. The Morgan fingerprint density at radius 1 is 1.16 bits per heavy atom. The molecule has 4 aromatic heterocycles. The minimum absolute atomic E-state index is 0.0707. The Morgan fingerprint density at radius 2 is 2.00 bits per heavy atom. The van der Waals surface area contributed by atoms with E-state index in [0.29, 0.717) is 23.9 Å². The van der Waals surface area contributed by atoms with Gasteiger partial charge in [-0.15, -0.1) is 16.4 Å². The van der Waals surface area contributed by atoms with Crippen LogP contribution in [0.1, 0.15) is 29.5 Å². The first kappa shape index (κ1) is 18.4. The number of aryl methyl sites for hydroxylation is 1. The van der Waals surface area contributed by atoms with E-state index < -0.39 is 0 Å². The van der Waals surface area contributed by atoms with Crippen molar-refractivity contribution in [2.75, 3.05) is 5.32 Å². The number of fused-ring (bicyclic) bond motifs is 6. The first-order valence-corrected chi connectivity index (χ1v) is 11.4. The molecule has 0 fully saturated rings. The molecule has 0 aliphatic heterocycles. The van der Waals surface area contributed by atoms with Crippen LogP contribution in [0.25, 0.3) is 26.6 Å². The van der Waals surface area contributed by atoms with E-state index in [1.807, 2.05) is 42.5 Å². The van der Waals surface area contributed by atoms with Gasteiger partial charge in [0, 0.05) is 21.8 Å². The molecule has 7 heteroatoms. The van der Waals surface area contributed by atoms with Crippen LogP contribution in [0.15, 0.2) is 53.5 Å². The van der Waals surface area contributed by atoms with E-state index in [2.05, 4.69) is 17.2 Å². The molecule has 154 valence electrons. The van der Waals surface area contributed by atoms with E-state index in [1.54, 1.807) is 17.5 Å². The first-order chi connectivity index (χ1) is 15.2. The summed E-state index contributed by atoms with van der Waals surface area (Å²) in [6.07, 6.45) is 4.86. The zero-order chi connectivity index (χ0) is 20.9. The molecular weight excluding hydrogens is 406 g/mol. The molecule has 0 amide bonds. The monoisotopic (exact) mass is 427 g/mol. The molecule has 1 aliphatic rings. The summed E-state index contributed by atoms with van der Waals surface area (Å²) in [5.41, 5.74) is 2.64. The van der Waals surface area contributed by atoms with Gasteiger partial charge in [0.25, 0.3) is 5.56 Å². The summed E-state index contributed by atoms with van der Waals surface area (Å²) in [4.78, 5) is 25.1. The summed E-state index contributed by atoms with van der Waals surface area (Å²) in [7, 11) is 0. The molecule has 0 bridgehead atoms. The Bertz CT molecular complexity index is 1510. The Hall–Kier alpha value is -3.32. The number of nitrogens with one attached hydrogen (secondary N) is 1. The van der Waals surface area contributed by atoms with E-state index in [9.17, 15) is 4.79 Å². The Kier molecular flexibility index (Phi) is 4.24.